The van der Waals surface area contributed by atoms with E-state index in [1.807, 2.05) is 6.92 Å². The summed E-state index contributed by atoms with van der Waals surface area (Å²) < 4.78 is 1.67. The molecule has 0 aliphatic heterocycles. The molecule has 4 N–H and O–H groups in total. The molecule has 1 atom stereocenters. The van der Waals surface area contributed by atoms with Gasteiger partial charge < -0.3 is 11.1 Å². The Bertz CT molecular complexity index is 579. The zero-order chi connectivity index (χ0) is 14.5. The number of carbonyl (C=O) groups excluding carboxylic acids is 1. The Kier molecular flexibility index (Phi) is 4.45. The van der Waals surface area contributed by atoms with Crippen molar-refractivity contribution in [2.45, 2.75) is 32.9 Å². The van der Waals surface area contributed by atoms with Crippen molar-refractivity contribution in [2.24, 2.45) is 0 Å². The Labute approximate surface area is 119 Å². The lowest BCUT2D eigenvalue weighted by Gasteiger charge is -2.10. The van der Waals surface area contributed by atoms with Gasteiger partial charge in [-0.1, -0.05) is 23.5 Å². The van der Waals surface area contributed by atoms with Crippen LogP contribution in [-0.4, -0.2) is 31.2 Å². The average molecular weight is 296 g/mol. The second kappa shape index (κ2) is 6.28. The summed E-state index contributed by atoms with van der Waals surface area (Å²) >= 11 is 1.24. The first-order chi connectivity index (χ1) is 9.58. The SMILES string of the molecule is CCCn1cc(NC(=O)NC(C)c2nnc(N)s2)nn1. The highest BCUT2D eigenvalue weighted by atomic mass is 32.1. The van der Waals surface area contributed by atoms with Gasteiger partial charge >= 0.3 is 6.03 Å². The van der Waals surface area contributed by atoms with Gasteiger partial charge in [-0.15, -0.1) is 15.3 Å². The summed E-state index contributed by atoms with van der Waals surface area (Å²) in [5, 5.41) is 21.7. The van der Waals surface area contributed by atoms with Crippen LogP contribution in [0.5, 0.6) is 0 Å². The fourth-order valence-electron chi connectivity index (χ4n) is 1.53. The van der Waals surface area contributed by atoms with Gasteiger partial charge in [0.1, 0.15) is 5.01 Å². The zero-order valence-electron chi connectivity index (χ0n) is 11.2. The van der Waals surface area contributed by atoms with Gasteiger partial charge in [0, 0.05) is 6.54 Å². The maximum atomic E-state index is 11.8. The lowest BCUT2D eigenvalue weighted by atomic mass is 10.4. The van der Waals surface area contributed by atoms with E-state index < -0.39 is 0 Å². The van der Waals surface area contributed by atoms with Crippen molar-refractivity contribution in [1.82, 2.24) is 30.5 Å². The molecule has 0 spiro atoms. The Morgan fingerprint density at radius 3 is 2.95 bits per heavy atom. The van der Waals surface area contributed by atoms with E-state index in [-0.39, 0.29) is 12.1 Å². The highest BCUT2D eigenvalue weighted by Crippen LogP contribution is 2.18. The second-order valence-corrected chi connectivity index (χ2v) is 5.21. The molecule has 0 saturated heterocycles. The van der Waals surface area contributed by atoms with Crippen LogP contribution in [0.15, 0.2) is 6.20 Å². The molecule has 1 unspecified atom stereocenters. The number of anilines is 2. The van der Waals surface area contributed by atoms with Crippen molar-refractivity contribution in [3.05, 3.63) is 11.2 Å². The molecule has 2 aromatic rings. The zero-order valence-corrected chi connectivity index (χ0v) is 12.0. The molecular weight excluding hydrogens is 280 g/mol. The van der Waals surface area contributed by atoms with Gasteiger partial charge in [-0.2, -0.15) is 0 Å². The van der Waals surface area contributed by atoms with Crippen LogP contribution in [0.4, 0.5) is 15.7 Å². The number of aromatic nitrogens is 5. The van der Waals surface area contributed by atoms with Gasteiger partial charge in [-0.05, 0) is 13.3 Å². The van der Waals surface area contributed by atoms with Crippen LogP contribution >= 0.6 is 11.3 Å². The average Bonchev–Trinajstić information content (AvgIpc) is 2.99. The van der Waals surface area contributed by atoms with E-state index in [0.717, 1.165) is 13.0 Å². The minimum Gasteiger partial charge on any atom is -0.374 e. The summed E-state index contributed by atoms with van der Waals surface area (Å²) in [6.07, 6.45) is 2.63. The lowest BCUT2D eigenvalue weighted by Crippen LogP contribution is -2.31. The predicted octanol–water partition coefficient (Wildman–Crippen LogP) is 1.00. The van der Waals surface area contributed by atoms with Crippen LogP contribution in [0.3, 0.4) is 0 Å². The normalized spacial score (nSPS) is 12.1. The maximum Gasteiger partial charge on any atom is 0.321 e. The van der Waals surface area contributed by atoms with Crippen LogP contribution in [0.2, 0.25) is 0 Å². The van der Waals surface area contributed by atoms with Crippen molar-refractivity contribution in [1.29, 1.82) is 0 Å². The highest BCUT2D eigenvalue weighted by Gasteiger charge is 2.14. The predicted molar refractivity (Wildman–Crippen MR) is 75.2 cm³/mol. The maximum absolute atomic E-state index is 11.8. The number of carbonyl (C=O) groups is 1. The molecule has 20 heavy (non-hydrogen) atoms. The fourth-order valence-corrected chi connectivity index (χ4v) is 2.14. The monoisotopic (exact) mass is 296 g/mol. The van der Waals surface area contributed by atoms with Crippen molar-refractivity contribution in [2.75, 3.05) is 11.1 Å². The van der Waals surface area contributed by atoms with E-state index in [1.54, 1.807) is 17.8 Å². The quantitative estimate of drug-likeness (QED) is 0.756. The molecule has 9 nitrogen and oxygen atoms in total. The number of rotatable bonds is 5. The van der Waals surface area contributed by atoms with Crippen LogP contribution in [-0.2, 0) is 6.54 Å². The Hall–Kier alpha value is -2.23. The molecule has 0 fully saturated rings. The number of nitrogens with zero attached hydrogens (tertiary/aromatic N) is 5. The van der Waals surface area contributed by atoms with E-state index in [1.165, 1.54) is 11.3 Å². The van der Waals surface area contributed by atoms with Crippen molar-refractivity contribution in [3.8, 4) is 0 Å². The number of nitrogens with one attached hydrogen (secondary N) is 2. The van der Waals surface area contributed by atoms with E-state index in [4.69, 9.17) is 5.73 Å². The largest absolute Gasteiger partial charge is 0.374 e. The number of amides is 2. The first kappa shape index (κ1) is 14.2. The summed E-state index contributed by atoms with van der Waals surface area (Å²) in [5.74, 6) is 0.403. The highest BCUT2D eigenvalue weighted by molar-refractivity contribution is 7.15. The molecule has 108 valence electrons. The smallest absolute Gasteiger partial charge is 0.321 e. The molecule has 2 rings (SSSR count). The van der Waals surface area contributed by atoms with Gasteiger partial charge in [0.25, 0.3) is 0 Å². The third-order valence-electron chi connectivity index (χ3n) is 2.41. The van der Waals surface area contributed by atoms with Crippen molar-refractivity contribution in [3.63, 3.8) is 0 Å². The molecule has 10 heteroatoms. The molecule has 0 aliphatic rings. The number of nitrogens with two attached hydrogens (primary N) is 1. The summed E-state index contributed by atoms with van der Waals surface area (Å²) in [6, 6.07) is -0.662. The molecule has 0 aromatic carbocycles. The van der Waals surface area contributed by atoms with Crippen LogP contribution in [0.25, 0.3) is 0 Å². The standard InChI is InChI=1S/C10H16N8OS/c1-3-4-18-5-7(14-17-18)13-10(19)12-6(2)8-15-16-9(11)20-8/h5-6H,3-4H2,1-2H3,(H2,11,16)(H2,12,13,19). The van der Waals surface area contributed by atoms with Gasteiger partial charge in [-0.3, -0.25) is 10.00 Å². The summed E-state index contributed by atoms with van der Waals surface area (Å²) in [5.41, 5.74) is 5.50. The fraction of sp³-hybridized carbons (Fsp3) is 0.500. The van der Waals surface area contributed by atoms with E-state index >= 15 is 0 Å². The third kappa shape index (κ3) is 3.63. The van der Waals surface area contributed by atoms with Crippen molar-refractivity contribution < 1.29 is 4.79 Å². The van der Waals surface area contributed by atoms with Gasteiger partial charge in [0.15, 0.2) is 5.82 Å². The van der Waals surface area contributed by atoms with E-state index in [9.17, 15) is 4.79 Å². The molecule has 2 amide bonds. The van der Waals surface area contributed by atoms with Crippen LogP contribution in [0.1, 0.15) is 31.3 Å². The number of hydrogen-bond donors (Lipinski definition) is 3. The Morgan fingerprint density at radius 2 is 2.30 bits per heavy atom. The van der Waals surface area contributed by atoms with E-state index in [0.29, 0.717) is 16.0 Å². The first-order valence-corrected chi connectivity index (χ1v) is 6.96. The van der Waals surface area contributed by atoms with Gasteiger partial charge in [0.05, 0.1) is 12.2 Å². The number of aryl methyl sites for hydroxylation is 1. The topological polar surface area (TPSA) is 124 Å². The number of hydrogen-bond acceptors (Lipinski definition) is 7. The van der Waals surface area contributed by atoms with Crippen LogP contribution in [0, 0.1) is 0 Å². The minimum atomic E-state index is -0.380. The summed E-state index contributed by atoms with van der Waals surface area (Å²) in [6.45, 7) is 4.60. The van der Waals surface area contributed by atoms with Crippen LogP contribution < -0.4 is 16.4 Å². The molecule has 0 bridgehead atoms. The molecule has 0 radical (unpaired) electrons. The lowest BCUT2D eigenvalue weighted by molar-refractivity contribution is 0.249. The van der Waals surface area contributed by atoms with Crippen molar-refractivity contribution >= 4 is 28.3 Å². The number of urea groups is 1. The first-order valence-electron chi connectivity index (χ1n) is 6.15. The number of nitrogen functional groups attached to an aromatic ring is 1. The minimum absolute atomic E-state index is 0.282. The molecular formula is C10H16N8OS. The van der Waals surface area contributed by atoms with Gasteiger partial charge in [-0.25, -0.2) is 4.79 Å². The summed E-state index contributed by atoms with van der Waals surface area (Å²) in [7, 11) is 0. The third-order valence-corrected chi connectivity index (χ3v) is 3.34. The summed E-state index contributed by atoms with van der Waals surface area (Å²) in [4.78, 5) is 11.8. The molecule has 2 heterocycles. The molecule has 0 saturated carbocycles. The van der Waals surface area contributed by atoms with E-state index in [2.05, 4.69) is 31.1 Å². The second-order valence-electron chi connectivity index (χ2n) is 4.17. The Morgan fingerprint density at radius 1 is 1.50 bits per heavy atom. The van der Waals surface area contributed by atoms with Gasteiger partial charge in [0.2, 0.25) is 5.13 Å². The Balaban J connectivity index is 1.88. The molecule has 0 aliphatic carbocycles. The molecule has 2 aromatic heterocycles.